The van der Waals surface area contributed by atoms with Crippen LogP contribution in [-0.2, 0) is 0 Å². The molecule has 0 aromatic carbocycles. The summed E-state index contributed by atoms with van der Waals surface area (Å²) in [6, 6.07) is 0. The number of fused-ring (bicyclic) bond motifs is 4. The molecule has 0 saturated heterocycles. The summed E-state index contributed by atoms with van der Waals surface area (Å²) in [4.78, 5) is 0. The van der Waals surface area contributed by atoms with Gasteiger partial charge in [-0.25, -0.2) is 0 Å². The van der Waals surface area contributed by atoms with Crippen LogP contribution in [0, 0.1) is 35.5 Å². The molecule has 0 aromatic rings. The zero-order chi connectivity index (χ0) is 18.8. The molecule has 4 aliphatic carbocycles. The zero-order valence-electron chi connectivity index (χ0n) is 16.5. The Kier molecular flexibility index (Phi) is 6.25. The number of rotatable bonds is 4. The van der Waals surface area contributed by atoms with Crippen molar-refractivity contribution in [1.29, 1.82) is 0 Å². The lowest BCUT2D eigenvalue weighted by molar-refractivity contribution is 0.121. The molecule has 4 bridgehead atoms. The molecule has 0 aromatic heterocycles. The highest BCUT2D eigenvalue weighted by Gasteiger charge is 2.45. The molecule has 8 atom stereocenters. The van der Waals surface area contributed by atoms with E-state index in [1.165, 1.54) is 38.5 Å². The van der Waals surface area contributed by atoms with Gasteiger partial charge in [-0.1, -0.05) is 35.5 Å². The molecule has 4 saturated carbocycles. The molecule has 0 radical (unpaired) electrons. The van der Waals surface area contributed by atoms with Crippen LogP contribution in [0.4, 0.5) is 0 Å². The van der Waals surface area contributed by atoms with Crippen molar-refractivity contribution >= 4 is 0 Å². The van der Waals surface area contributed by atoms with Gasteiger partial charge in [-0.05, 0) is 87.9 Å². The quantitative estimate of drug-likeness (QED) is 0.692. The first kappa shape index (κ1) is 19.6. The van der Waals surface area contributed by atoms with Gasteiger partial charge in [0.1, 0.15) is 0 Å². The second-order valence-corrected chi connectivity index (χ2v) is 8.79. The Balaban J connectivity index is 0.000000151. The minimum Gasteiger partial charge on any atom is -0.389 e. The van der Waals surface area contributed by atoms with E-state index in [1.54, 1.807) is 23.3 Å². The van der Waals surface area contributed by atoms with Crippen molar-refractivity contribution in [3.05, 3.63) is 48.6 Å². The topological polar surface area (TPSA) is 40.5 Å². The Morgan fingerprint density at radius 1 is 0.846 bits per heavy atom. The molecule has 0 heterocycles. The summed E-state index contributed by atoms with van der Waals surface area (Å²) in [7, 11) is 0. The predicted molar refractivity (Wildman–Crippen MR) is 109 cm³/mol. The molecule has 26 heavy (non-hydrogen) atoms. The highest BCUT2D eigenvalue weighted by molar-refractivity contribution is 5.20. The summed E-state index contributed by atoms with van der Waals surface area (Å²) < 4.78 is 0. The van der Waals surface area contributed by atoms with Crippen LogP contribution in [0.15, 0.2) is 48.6 Å². The van der Waals surface area contributed by atoms with Gasteiger partial charge >= 0.3 is 0 Å². The summed E-state index contributed by atoms with van der Waals surface area (Å²) in [5, 5.41) is 19.4. The maximum absolute atomic E-state index is 9.75. The van der Waals surface area contributed by atoms with Gasteiger partial charge in [-0.3, -0.25) is 0 Å². The minimum atomic E-state index is -0.287. The average molecular weight is 357 g/mol. The molecule has 4 rings (SSSR count). The van der Waals surface area contributed by atoms with Gasteiger partial charge in [-0.2, -0.15) is 0 Å². The lowest BCUT2D eigenvalue weighted by Crippen LogP contribution is -2.24. The fourth-order valence-electron chi connectivity index (χ4n) is 6.25. The number of hydrogen-bond donors (Lipinski definition) is 2. The first-order valence-electron chi connectivity index (χ1n) is 10.4. The molecule has 2 nitrogen and oxygen atoms in total. The Labute approximate surface area is 159 Å². The molecule has 0 amide bonds. The maximum Gasteiger partial charge on any atom is 0.0752 e. The second-order valence-electron chi connectivity index (χ2n) is 8.79. The van der Waals surface area contributed by atoms with Crippen molar-refractivity contribution in [2.24, 2.45) is 35.5 Å². The molecule has 4 fully saturated rings. The number of aliphatic hydroxyl groups excluding tert-OH is 2. The summed E-state index contributed by atoms with van der Waals surface area (Å²) in [6.45, 7) is 11.6. The van der Waals surface area contributed by atoms with Crippen molar-refractivity contribution in [2.75, 3.05) is 0 Å². The van der Waals surface area contributed by atoms with Crippen molar-refractivity contribution < 1.29 is 10.2 Å². The third kappa shape index (κ3) is 3.64. The van der Waals surface area contributed by atoms with Crippen molar-refractivity contribution in [3.63, 3.8) is 0 Å². The van der Waals surface area contributed by atoms with Crippen molar-refractivity contribution in [3.8, 4) is 0 Å². The summed E-state index contributed by atoms with van der Waals surface area (Å²) in [6.07, 6.45) is 14.8. The lowest BCUT2D eigenvalue weighted by Gasteiger charge is -2.26. The van der Waals surface area contributed by atoms with E-state index in [2.05, 4.69) is 39.2 Å². The highest BCUT2D eigenvalue weighted by atomic mass is 16.3. The van der Waals surface area contributed by atoms with E-state index < -0.39 is 0 Å². The van der Waals surface area contributed by atoms with Gasteiger partial charge in [0.2, 0.25) is 0 Å². The Hall–Kier alpha value is -1.12. The predicted octanol–water partition coefficient (Wildman–Crippen LogP) is 5.05. The highest BCUT2D eigenvalue weighted by Crippen LogP contribution is 2.53. The van der Waals surface area contributed by atoms with Crippen molar-refractivity contribution in [2.45, 2.75) is 64.6 Å². The van der Waals surface area contributed by atoms with E-state index in [1.807, 2.05) is 0 Å². The summed E-state index contributed by atoms with van der Waals surface area (Å²) in [5.74, 6) is 3.95. The van der Waals surface area contributed by atoms with Crippen LogP contribution in [0.5, 0.6) is 0 Å². The summed E-state index contributed by atoms with van der Waals surface area (Å²) in [5.41, 5.74) is 3.19. The molecule has 0 aliphatic heterocycles. The number of allylic oxidation sites excluding steroid dienone is 4. The van der Waals surface area contributed by atoms with Gasteiger partial charge in [0.15, 0.2) is 0 Å². The lowest BCUT2D eigenvalue weighted by atomic mass is 9.81. The fourth-order valence-corrected chi connectivity index (χ4v) is 6.25. The zero-order valence-corrected chi connectivity index (χ0v) is 16.5. The van der Waals surface area contributed by atoms with Crippen LogP contribution in [-0.4, -0.2) is 22.4 Å². The third-order valence-electron chi connectivity index (χ3n) is 7.58. The second kappa shape index (κ2) is 8.27. The fraction of sp³-hybridized carbons (Fsp3) is 0.667. The number of hydrogen-bond acceptors (Lipinski definition) is 2. The normalized spacial score (nSPS) is 42.6. The molecular weight excluding hydrogens is 320 g/mol. The molecule has 144 valence electrons. The van der Waals surface area contributed by atoms with Gasteiger partial charge in [0.05, 0.1) is 12.2 Å². The maximum atomic E-state index is 9.75. The first-order valence-corrected chi connectivity index (χ1v) is 10.4. The van der Waals surface area contributed by atoms with Crippen LogP contribution in [0.2, 0.25) is 0 Å². The van der Waals surface area contributed by atoms with E-state index in [9.17, 15) is 10.2 Å². The SMILES string of the molecule is C=CC(O)C1CC2CC(=CC)C1C2.C=CC(O)C1CC2CC1CC2=CC. The molecular formula is C24H36O2. The molecule has 4 aliphatic rings. The average Bonchev–Trinajstić information content (AvgIpc) is 3.45. The standard InChI is InChI=1S/2C12H18O/c1-3-9-5-8-6-10(9)11(7-8)12(13)4-2;1-3-8-5-10-6-9(8)7-11(10)12(13)4-2/h3-4,8,10-13H,2,5-7H2,1H3;3-4,9-13H,2,5-7H2,1H3. The molecule has 2 heteroatoms. The monoisotopic (exact) mass is 356 g/mol. The van der Waals surface area contributed by atoms with E-state index >= 15 is 0 Å². The third-order valence-corrected chi connectivity index (χ3v) is 7.58. The van der Waals surface area contributed by atoms with Crippen LogP contribution in [0.1, 0.15) is 52.4 Å². The van der Waals surface area contributed by atoms with E-state index in [0.29, 0.717) is 17.8 Å². The minimum absolute atomic E-state index is 0.270. The Morgan fingerprint density at radius 2 is 1.50 bits per heavy atom. The van der Waals surface area contributed by atoms with Crippen LogP contribution >= 0.6 is 0 Å². The van der Waals surface area contributed by atoms with Crippen LogP contribution in [0.25, 0.3) is 0 Å². The van der Waals surface area contributed by atoms with Crippen molar-refractivity contribution in [1.82, 2.24) is 0 Å². The molecule has 8 unspecified atom stereocenters. The summed E-state index contributed by atoms with van der Waals surface area (Å²) >= 11 is 0. The Bertz CT molecular complexity index is 587. The van der Waals surface area contributed by atoms with Gasteiger partial charge in [-0.15, -0.1) is 13.2 Å². The first-order chi connectivity index (χ1) is 12.5. The van der Waals surface area contributed by atoms with Crippen LogP contribution < -0.4 is 0 Å². The van der Waals surface area contributed by atoms with E-state index in [-0.39, 0.29) is 12.2 Å². The largest absolute Gasteiger partial charge is 0.389 e. The Morgan fingerprint density at radius 3 is 2.00 bits per heavy atom. The number of aliphatic hydroxyl groups is 2. The van der Waals surface area contributed by atoms with Gasteiger partial charge in [0, 0.05) is 0 Å². The van der Waals surface area contributed by atoms with Gasteiger partial charge < -0.3 is 10.2 Å². The molecule has 0 spiro atoms. The van der Waals surface area contributed by atoms with E-state index in [4.69, 9.17) is 0 Å². The van der Waals surface area contributed by atoms with Gasteiger partial charge in [0.25, 0.3) is 0 Å². The van der Waals surface area contributed by atoms with Crippen LogP contribution in [0.3, 0.4) is 0 Å². The molecule has 2 N–H and O–H groups in total. The smallest absolute Gasteiger partial charge is 0.0752 e. The van der Waals surface area contributed by atoms with E-state index in [0.717, 1.165) is 17.8 Å².